The van der Waals surface area contributed by atoms with Crippen molar-refractivity contribution in [2.75, 3.05) is 19.7 Å². The summed E-state index contributed by atoms with van der Waals surface area (Å²) in [6.07, 6.45) is 8.22. The lowest BCUT2D eigenvalue weighted by Crippen LogP contribution is -2.24. The number of nitrogens with zero attached hydrogens (tertiary/aromatic N) is 1. The van der Waals surface area contributed by atoms with E-state index in [9.17, 15) is 0 Å². The van der Waals surface area contributed by atoms with E-state index in [0.29, 0.717) is 16.7 Å². The van der Waals surface area contributed by atoms with Gasteiger partial charge >= 0.3 is 0 Å². The summed E-state index contributed by atoms with van der Waals surface area (Å²) in [6.45, 7) is 2.40. The minimum absolute atomic E-state index is 0. The van der Waals surface area contributed by atoms with Gasteiger partial charge in [-0.1, -0.05) is 35.4 Å². The third kappa shape index (κ3) is 4.56. The molecule has 0 saturated carbocycles. The van der Waals surface area contributed by atoms with Gasteiger partial charge in [-0.15, -0.1) is 17.0 Å². The van der Waals surface area contributed by atoms with E-state index in [4.69, 9.17) is 27.9 Å². The number of hydrogen-bond donors (Lipinski definition) is 0. The van der Waals surface area contributed by atoms with Crippen molar-refractivity contribution in [3.05, 3.63) is 52.7 Å². The van der Waals surface area contributed by atoms with Gasteiger partial charge in [0.1, 0.15) is 12.4 Å². The first kappa shape index (κ1) is 15.4. The molecule has 0 N–H and O–H groups in total. The minimum atomic E-state index is 0. The van der Waals surface area contributed by atoms with Crippen LogP contribution in [0.15, 0.2) is 42.6 Å². The fraction of sp³-hybridized carbons (Fsp3) is 0.231. The van der Waals surface area contributed by atoms with Crippen LogP contribution in [0, 0.1) is 0 Å². The van der Waals surface area contributed by atoms with Gasteiger partial charge in [-0.3, -0.25) is 0 Å². The Balaban J connectivity index is 0.00000162. The van der Waals surface area contributed by atoms with Crippen LogP contribution in [0.2, 0.25) is 10.0 Å². The topological polar surface area (TPSA) is 12.5 Å². The molecule has 1 aliphatic heterocycles. The second-order valence-corrected chi connectivity index (χ2v) is 4.50. The first-order chi connectivity index (χ1) is 8.25. The molecule has 0 radical (unpaired) electrons. The van der Waals surface area contributed by atoms with Gasteiger partial charge in [0, 0.05) is 12.6 Å². The molecule has 1 aromatic rings. The highest BCUT2D eigenvalue weighted by atomic mass is 79.9. The molecule has 2 nitrogen and oxygen atoms in total. The molecule has 0 aliphatic carbocycles. The van der Waals surface area contributed by atoms with Crippen molar-refractivity contribution in [3.8, 4) is 5.75 Å². The molecule has 0 bridgehead atoms. The number of ether oxygens (including phenoxy) is 1. The Morgan fingerprint density at radius 3 is 2.67 bits per heavy atom. The van der Waals surface area contributed by atoms with E-state index in [1.807, 2.05) is 18.2 Å². The lowest BCUT2D eigenvalue weighted by atomic mass is 10.3. The maximum Gasteiger partial charge on any atom is 0.120 e. The maximum absolute atomic E-state index is 5.90. The van der Waals surface area contributed by atoms with Crippen LogP contribution < -0.4 is 4.74 Å². The number of benzene rings is 1. The Morgan fingerprint density at radius 2 is 2.00 bits per heavy atom. The van der Waals surface area contributed by atoms with E-state index in [-0.39, 0.29) is 17.0 Å². The van der Waals surface area contributed by atoms with Crippen molar-refractivity contribution in [2.45, 2.75) is 0 Å². The van der Waals surface area contributed by atoms with Crippen molar-refractivity contribution < 1.29 is 4.74 Å². The second kappa shape index (κ2) is 7.72. The van der Waals surface area contributed by atoms with E-state index in [1.54, 1.807) is 12.1 Å². The molecule has 2 rings (SSSR count). The fourth-order valence-corrected chi connectivity index (χ4v) is 1.81. The van der Waals surface area contributed by atoms with Crippen LogP contribution in [-0.4, -0.2) is 24.6 Å². The average molecular weight is 351 g/mol. The zero-order valence-electron chi connectivity index (χ0n) is 9.68. The second-order valence-electron chi connectivity index (χ2n) is 3.69. The van der Waals surface area contributed by atoms with Crippen molar-refractivity contribution in [1.29, 1.82) is 0 Å². The van der Waals surface area contributed by atoms with Gasteiger partial charge in [-0.25, -0.2) is 0 Å². The highest BCUT2D eigenvalue weighted by Crippen LogP contribution is 2.26. The third-order valence-electron chi connectivity index (χ3n) is 2.42. The van der Waals surface area contributed by atoms with Gasteiger partial charge < -0.3 is 9.64 Å². The highest BCUT2D eigenvalue weighted by Gasteiger charge is 2.02. The number of rotatable bonds is 4. The highest BCUT2D eigenvalue weighted by molar-refractivity contribution is 8.93. The molecular formula is C13H14BrCl2NO. The Labute approximate surface area is 128 Å². The van der Waals surface area contributed by atoms with Crippen LogP contribution in [0.1, 0.15) is 0 Å². The van der Waals surface area contributed by atoms with E-state index in [0.717, 1.165) is 18.8 Å². The van der Waals surface area contributed by atoms with Crippen molar-refractivity contribution in [3.63, 3.8) is 0 Å². The first-order valence-electron chi connectivity index (χ1n) is 5.41. The summed E-state index contributed by atoms with van der Waals surface area (Å²) >= 11 is 11.7. The fourth-order valence-electron chi connectivity index (χ4n) is 1.52. The van der Waals surface area contributed by atoms with Gasteiger partial charge in [0.05, 0.1) is 16.6 Å². The summed E-state index contributed by atoms with van der Waals surface area (Å²) in [7, 11) is 0. The van der Waals surface area contributed by atoms with E-state index in [2.05, 4.69) is 17.2 Å². The Morgan fingerprint density at radius 1 is 1.17 bits per heavy atom. The van der Waals surface area contributed by atoms with Crippen LogP contribution in [0.4, 0.5) is 0 Å². The molecule has 0 spiro atoms. The van der Waals surface area contributed by atoms with Gasteiger partial charge in [0.25, 0.3) is 0 Å². The lowest BCUT2D eigenvalue weighted by molar-refractivity contribution is 0.263. The Kier molecular flexibility index (Phi) is 6.61. The molecule has 0 amide bonds. The van der Waals surface area contributed by atoms with Crippen molar-refractivity contribution in [1.82, 2.24) is 4.90 Å². The van der Waals surface area contributed by atoms with Crippen molar-refractivity contribution in [2.24, 2.45) is 0 Å². The average Bonchev–Trinajstić information content (AvgIpc) is 2.35. The molecule has 0 unspecified atom stereocenters. The largest absolute Gasteiger partial charge is 0.492 e. The van der Waals surface area contributed by atoms with E-state index >= 15 is 0 Å². The number of allylic oxidation sites excluding steroid dienone is 2. The molecule has 0 aromatic heterocycles. The SMILES string of the molecule is Br.Clc1ccc(OCCN2C=CC=CC2)cc1Cl. The first-order valence-corrected chi connectivity index (χ1v) is 6.16. The van der Waals surface area contributed by atoms with Crippen LogP contribution >= 0.6 is 40.2 Å². The zero-order chi connectivity index (χ0) is 12.1. The molecule has 1 aromatic carbocycles. The lowest BCUT2D eigenvalue weighted by Gasteiger charge is -2.20. The van der Waals surface area contributed by atoms with Crippen LogP contribution in [0.25, 0.3) is 0 Å². The molecule has 18 heavy (non-hydrogen) atoms. The summed E-state index contributed by atoms with van der Waals surface area (Å²) in [5.41, 5.74) is 0. The summed E-state index contributed by atoms with van der Waals surface area (Å²) in [5, 5.41) is 1.06. The van der Waals surface area contributed by atoms with Crippen LogP contribution in [0.5, 0.6) is 5.75 Å². The minimum Gasteiger partial charge on any atom is -0.492 e. The van der Waals surface area contributed by atoms with Gasteiger partial charge in [0.15, 0.2) is 0 Å². The monoisotopic (exact) mass is 349 g/mol. The summed E-state index contributed by atoms with van der Waals surface area (Å²) in [6, 6.07) is 5.29. The molecule has 1 heterocycles. The molecule has 5 heteroatoms. The molecule has 0 atom stereocenters. The Bertz CT molecular complexity index is 449. The zero-order valence-corrected chi connectivity index (χ0v) is 12.9. The predicted molar refractivity (Wildman–Crippen MR) is 82.1 cm³/mol. The quantitative estimate of drug-likeness (QED) is 0.801. The molecule has 0 fully saturated rings. The summed E-state index contributed by atoms with van der Waals surface area (Å²) in [4.78, 5) is 2.18. The summed E-state index contributed by atoms with van der Waals surface area (Å²) in [5.74, 6) is 0.746. The maximum atomic E-state index is 5.90. The standard InChI is InChI=1S/C13H13Cl2NO.BrH/c14-12-5-4-11(10-13(12)15)17-9-8-16-6-2-1-3-7-16;/h1-6,10H,7-9H2;1H. The van der Waals surface area contributed by atoms with Gasteiger partial charge in [0.2, 0.25) is 0 Å². The van der Waals surface area contributed by atoms with Gasteiger partial charge in [-0.05, 0) is 24.4 Å². The Hall–Kier alpha value is -0.640. The van der Waals surface area contributed by atoms with Crippen LogP contribution in [-0.2, 0) is 0 Å². The molecule has 0 saturated heterocycles. The van der Waals surface area contributed by atoms with Crippen LogP contribution in [0.3, 0.4) is 0 Å². The van der Waals surface area contributed by atoms with Crippen molar-refractivity contribution >= 4 is 40.2 Å². The van der Waals surface area contributed by atoms with E-state index < -0.39 is 0 Å². The molecular weight excluding hydrogens is 337 g/mol. The molecule has 98 valence electrons. The number of hydrogen-bond acceptors (Lipinski definition) is 2. The third-order valence-corrected chi connectivity index (χ3v) is 3.16. The predicted octanol–water partition coefficient (Wildman–Crippen LogP) is 4.34. The smallest absolute Gasteiger partial charge is 0.120 e. The summed E-state index contributed by atoms with van der Waals surface area (Å²) < 4.78 is 5.60. The molecule has 1 aliphatic rings. The normalized spacial score (nSPS) is 13.3. The van der Waals surface area contributed by atoms with E-state index in [1.165, 1.54) is 0 Å². The van der Waals surface area contributed by atoms with Gasteiger partial charge in [-0.2, -0.15) is 0 Å². The number of halogens is 3.